The van der Waals surface area contributed by atoms with E-state index in [9.17, 15) is 9.59 Å². The summed E-state index contributed by atoms with van der Waals surface area (Å²) in [5, 5.41) is 0. The second-order valence-corrected chi connectivity index (χ2v) is 10.7. The van der Waals surface area contributed by atoms with E-state index in [0.29, 0.717) is 22.3 Å². The summed E-state index contributed by atoms with van der Waals surface area (Å²) in [6, 6.07) is 50.2. The Kier molecular flexibility index (Phi) is 8.65. The molecule has 0 fully saturated rings. The van der Waals surface area contributed by atoms with Crippen molar-refractivity contribution in [3.8, 4) is 33.4 Å². The van der Waals surface area contributed by atoms with Crippen LogP contribution in [0.4, 0.5) is 17.1 Å². The van der Waals surface area contributed by atoms with Crippen molar-refractivity contribution >= 4 is 28.8 Å². The number of carbonyl (C=O) groups excluding carboxylic acids is 2. The lowest BCUT2D eigenvalue weighted by Crippen LogP contribution is -2.13. The van der Waals surface area contributed by atoms with Crippen LogP contribution in [0, 0.1) is 0 Å². The maximum atomic E-state index is 13.6. The third-order valence-electron chi connectivity index (χ3n) is 7.80. The maximum Gasteiger partial charge on any atom is 0.338 e. The summed E-state index contributed by atoms with van der Waals surface area (Å²) in [5.41, 5.74) is 8.98. The number of hydrogen-bond donors (Lipinski definition) is 0. The summed E-state index contributed by atoms with van der Waals surface area (Å²) >= 11 is 0. The zero-order chi connectivity index (χ0) is 31.2. The fraction of sp³-hybridized carbons (Fsp3) is 0.0732. The molecule has 220 valence electrons. The Morgan fingerprint density at radius 3 is 1.67 bits per heavy atom. The van der Waals surface area contributed by atoms with Crippen molar-refractivity contribution in [1.82, 2.24) is 0 Å². The van der Waals surface area contributed by atoms with Gasteiger partial charge in [0.1, 0.15) is 0 Å². The van der Waals surface area contributed by atoms with E-state index in [1.807, 2.05) is 97.1 Å². The molecule has 45 heavy (non-hydrogen) atoms. The van der Waals surface area contributed by atoms with Crippen LogP contribution in [0.15, 0.2) is 152 Å². The minimum Gasteiger partial charge on any atom is -0.462 e. The van der Waals surface area contributed by atoms with E-state index in [1.54, 1.807) is 19.9 Å². The largest absolute Gasteiger partial charge is 0.462 e. The van der Waals surface area contributed by atoms with Crippen molar-refractivity contribution in [2.45, 2.75) is 13.8 Å². The molecule has 4 heteroatoms. The van der Waals surface area contributed by atoms with Crippen LogP contribution in [0.3, 0.4) is 0 Å². The van der Waals surface area contributed by atoms with Gasteiger partial charge in [-0.05, 0) is 84.1 Å². The van der Waals surface area contributed by atoms with Crippen LogP contribution in [-0.4, -0.2) is 18.4 Å². The van der Waals surface area contributed by atoms with Gasteiger partial charge in [-0.2, -0.15) is 0 Å². The van der Waals surface area contributed by atoms with Crippen LogP contribution in [-0.2, 0) is 4.74 Å². The molecule has 6 rings (SSSR count). The van der Waals surface area contributed by atoms with Gasteiger partial charge in [0.2, 0.25) is 0 Å². The number of benzene rings is 6. The second-order valence-electron chi connectivity index (χ2n) is 10.7. The Morgan fingerprint density at radius 1 is 0.533 bits per heavy atom. The van der Waals surface area contributed by atoms with Gasteiger partial charge in [-0.25, -0.2) is 4.79 Å². The number of Topliss-reactive ketones (excluding diaryl/α,β-unsaturated/α-hetero) is 1. The molecule has 0 spiro atoms. The average Bonchev–Trinajstić information content (AvgIpc) is 3.10. The number of para-hydroxylation sites is 2. The molecule has 4 nitrogen and oxygen atoms in total. The lowest BCUT2D eigenvalue weighted by molar-refractivity contribution is 0.0527. The van der Waals surface area contributed by atoms with E-state index in [-0.39, 0.29) is 12.4 Å². The average molecular weight is 588 g/mol. The molecule has 0 heterocycles. The number of anilines is 3. The molecule has 0 aliphatic rings. The Hall–Kier alpha value is -5.74. The fourth-order valence-electron chi connectivity index (χ4n) is 5.68. The van der Waals surface area contributed by atoms with Crippen molar-refractivity contribution in [3.63, 3.8) is 0 Å². The van der Waals surface area contributed by atoms with Crippen molar-refractivity contribution in [2.75, 3.05) is 11.5 Å². The molecule has 0 atom stereocenters. The molecule has 0 aliphatic carbocycles. The molecule has 0 saturated heterocycles. The molecule has 0 saturated carbocycles. The Labute approximate surface area is 264 Å². The number of carbonyl (C=O) groups is 2. The smallest absolute Gasteiger partial charge is 0.338 e. The second kappa shape index (κ2) is 13.3. The number of nitrogens with zero attached hydrogens (tertiary/aromatic N) is 1. The first-order chi connectivity index (χ1) is 22.0. The van der Waals surface area contributed by atoms with Crippen LogP contribution in [0.2, 0.25) is 0 Å². The van der Waals surface area contributed by atoms with Crippen LogP contribution < -0.4 is 4.90 Å². The molecule has 0 radical (unpaired) electrons. The normalized spacial score (nSPS) is 10.7. The van der Waals surface area contributed by atoms with E-state index in [4.69, 9.17) is 4.74 Å². The van der Waals surface area contributed by atoms with E-state index in [1.165, 1.54) is 0 Å². The van der Waals surface area contributed by atoms with Crippen molar-refractivity contribution < 1.29 is 14.3 Å². The van der Waals surface area contributed by atoms with Gasteiger partial charge in [0.05, 0.1) is 17.9 Å². The first-order valence-electron chi connectivity index (χ1n) is 15.1. The summed E-state index contributed by atoms with van der Waals surface area (Å²) in [6.45, 7) is 3.59. The molecular weight excluding hydrogens is 554 g/mol. The lowest BCUT2D eigenvalue weighted by atomic mass is 9.88. The molecule has 0 bridgehead atoms. The van der Waals surface area contributed by atoms with Crippen molar-refractivity contribution in [3.05, 3.63) is 163 Å². The van der Waals surface area contributed by atoms with Gasteiger partial charge < -0.3 is 9.64 Å². The van der Waals surface area contributed by atoms with Gasteiger partial charge in [-0.1, -0.05) is 109 Å². The summed E-state index contributed by atoms with van der Waals surface area (Å²) < 4.78 is 5.57. The molecule has 0 aromatic heterocycles. The zero-order valence-electron chi connectivity index (χ0n) is 25.3. The number of ether oxygens (including phenoxy) is 1. The van der Waals surface area contributed by atoms with Crippen LogP contribution in [0.25, 0.3) is 33.4 Å². The van der Waals surface area contributed by atoms with E-state index in [0.717, 1.165) is 39.3 Å². The van der Waals surface area contributed by atoms with E-state index < -0.39 is 5.97 Å². The third-order valence-corrected chi connectivity index (χ3v) is 7.80. The summed E-state index contributed by atoms with van der Waals surface area (Å²) in [5.74, 6) is -0.521. The number of hydrogen-bond acceptors (Lipinski definition) is 4. The number of rotatable bonds is 9. The maximum absolute atomic E-state index is 13.6. The van der Waals surface area contributed by atoms with Gasteiger partial charge in [0, 0.05) is 22.5 Å². The predicted molar refractivity (Wildman–Crippen MR) is 183 cm³/mol. The topological polar surface area (TPSA) is 46.6 Å². The van der Waals surface area contributed by atoms with Crippen molar-refractivity contribution in [2.24, 2.45) is 0 Å². The third kappa shape index (κ3) is 6.17. The molecule has 6 aromatic carbocycles. The highest BCUT2D eigenvalue weighted by Crippen LogP contribution is 2.43. The monoisotopic (exact) mass is 587 g/mol. The number of ketones is 1. The van der Waals surface area contributed by atoms with Gasteiger partial charge in [0.25, 0.3) is 0 Å². The fourth-order valence-corrected chi connectivity index (χ4v) is 5.68. The van der Waals surface area contributed by atoms with Crippen LogP contribution in [0.1, 0.15) is 34.6 Å². The van der Waals surface area contributed by atoms with Crippen LogP contribution in [0.5, 0.6) is 0 Å². The Balaban J connectivity index is 1.57. The van der Waals surface area contributed by atoms with Gasteiger partial charge in [-0.15, -0.1) is 0 Å². The van der Waals surface area contributed by atoms with E-state index in [2.05, 4.69) is 53.4 Å². The first-order valence-corrected chi connectivity index (χ1v) is 15.1. The highest BCUT2D eigenvalue weighted by molar-refractivity contribution is 6.08. The minimum absolute atomic E-state index is 0.0839. The summed E-state index contributed by atoms with van der Waals surface area (Å²) in [7, 11) is 0. The summed E-state index contributed by atoms with van der Waals surface area (Å²) in [4.78, 5) is 28.9. The first kappa shape index (κ1) is 29.3. The molecule has 0 amide bonds. The van der Waals surface area contributed by atoms with Gasteiger partial charge in [-0.3, -0.25) is 4.79 Å². The van der Waals surface area contributed by atoms with Crippen molar-refractivity contribution in [1.29, 1.82) is 0 Å². The Bertz CT molecular complexity index is 1930. The zero-order valence-corrected chi connectivity index (χ0v) is 25.3. The predicted octanol–water partition coefficient (Wildman–Crippen LogP) is 10.5. The minimum atomic E-state index is -0.437. The van der Waals surface area contributed by atoms with E-state index >= 15 is 0 Å². The standard InChI is InChI=1S/C41H33NO3/c1-3-45-41(44)39-28-37(32-17-9-5-10-18-32)36(29(2)43)27-38(39)35-21-13-14-22-40(35)42(33-19-11-6-12-20-33)34-25-23-31(24-26-34)30-15-7-4-8-16-30/h4-28H,3H2,1-2H3. The van der Waals surface area contributed by atoms with Gasteiger partial charge >= 0.3 is 5.97 Å². The highest BCUT2D eigenvalue weighted by atomic mass is 16.5. The lowest BCUT2D eigenvalue weighted by Gasteiger charge is -2.28. The summed E-state index contributed by atoms with van der Waals surface area (Å²) in [6.07, 6.45) is 0. The van der Waals surface area contributed by atoms with Crippen LogP contribution >= 0.6 is 0 Å². The Morgan fingerprint density at radius 2 is 1.04 bits per heavy atom. The molecule has 0 N–H and O–H groups in total. The molecule has 6 aromatic rings. The highest BCUT2D eigenvalue weighted by Gasteiger charge is 2.24. The SMILES string of the molecule is CCOC(=O)c1cc(-c2ccccc2)c(C(C)=O)cc1-c1ccccc1N(c1ccccc1)c1ccc(-c2ccccc2)cc1. The number of esters is 1. The molecular formula is C41H33NO3. The quantitative estimate of drug-likeness (QED) is 0.125. The molecule has 0 aliphatic heterocycles. The van der Waals surface area contributed by atoms with Gasteiger partial charge in [0.15, 0.2) is 5.78 Å². The molecule has 0 unspecified atom stereocenters.